The van der Waals surface area contributed by atoms with Gasteiger partial charge in [0.05, 0.1) is 17.6 Å². The number of nitrogens with zero attached hydrogens (tertiary/aromatic N) is 3. The quantitative estimate of drug-likeness (QED) is 0.761. The number of pyridine rings is 1. The lowest BCUT2D eigenvalue weighted by Crippen LogP contribution is -2.53. The number of amides is 1. The molecule has 0 aliphatic carbocycles. The molecule has 1 saturated heterocycles. The van der Waals surface area contributed by atoms with Crippen molar-refractivity contribution in [3.8, 4) is 0 Å². The molecule has 0 saturated carbocycles. The van der Waals surface area contributed by atoms with Crippen molar-refractivity contribution >= 4 is 11.7 Å². The largest absolute Gasteiger partial charge is 0.387 e. The molecule has 2 aromatic heterocycles. The lowest BCUT2D eigenvalue weighted by molar-refractivity contribution is -0.138. The van der Waals surface area contributed by atoms with Gasteiger partial charge in [-0.05, 0) is 44.5 Å². The van der Waals surface area contributed by atoms with Crippen molar-refractivity contribution < 1.29 is 9.90 Å². The van der Waals surface area contributed by atoms with E-state index in [4.69, 9.17) is 0 Å². The van der Waals surface area contributed by atoms with Gasteiger partial charge in [-0.2, -0.15) is 5.10 Å². The molecule has 0 spiro atoms. The van der Waals surface area contributed by atoms with Crippen LogP contribution in [0.3, 0.4) is 0 Å². The van der Waals surface area contributed by atoms with Crippen LogP contribution in [0.25, 0.3) is 0 Å². The van der Waals surface area contributed by atoms with Crippen LogP contribution in [0.1, 0.15) is 25.8 Å². The highest BCUT2D eigenvalue weighted by Crippen LogP contribution is 2.36. The van der Waals surface area contributed by atoms with Gasteiger partial charge in [-0.3, -0.25) is 14.5 Å². The third kappa shape index (κ3) is 3.18. The molecule has 3 N–H and O–H groups in total. The molecular weight excluding hydrogens is 306 g/mol. The Morgan fingerprint density at radius 3 is 2.83 bits per heavy atom. The van der Waals surface area contributed by atoms with Gasteiger partial charge in [-0.15, -0.1) is 0 Å². The minimum atomic E-state index is -1.04. The Kier molecular flexibility index (Phi) is 4.38. The van der Waals surface area contributed by atoms with Crippen molar-refractivity contribution in [3.63, 3.8) is 0 Å². The van der Waals surface area contributed by atoms with Gasteiger partial charge in [0.25, 0.3) is 0 Å². The van der Waals surface area contributed by atoms with Crippen LogP contribution in [-0.2, 0) is 11.3 Å². The van der Waals surface area contributed by atoms with Gasteiger partial charge in [0.2, 0.25) is 5.91 Å². The van der Waals surface area contributed by atoms with Gasteiger partial charge in [0.15, 0.2) is 5.82 Å². The Balaban J connectivity index is 1.67. The molecular formula is C17H23N5O2. The number of β-amino-alcohol motifs (C(OH)–C–C–N with tert-alkyl or cyclic N) is 1. The van der Waals surface area contributed by atoms with Gasteiger partial charge in [-0.1, -0.05) is 0 Å². The van der Waals surface area contributed by atoms with Gasteiger partial charge in [0.1, 0.15) is 0 Å². The molecule has 1 unspecified atom stereocenters. The summed E-state index contributed by atoms with van der Waals surface area (Å²) in [6.07, 6.45) is 5.85. The summed E-state index contributed by atoms with van der Waals surface area (Å²) >= 11 is 0. The maximum absolute atomic E-state index is 12.6. The maximum Gasteiger partial charge on any atom is 0.234 e. The van der Waals surface area contributed by atoms with E-state index in [9.17, 15) is 9.90 Å². The molecule has 1 fully saturated rings. The van der Waals surface area contributed by atoms with E-state index in [1.807, 2.05) is 18.3 Å². The van der Waals surface area contributed by atoms with Crippen molar-refractivity contribution in [2.75, 3.05) is 18.4 Å². The third-order valence-electron chi connectivity index (χ3n) is 4.84. The minimum absolute atomic E-state index is 0.233. The second-order valence-electron chi connectivity index (χ2n) is 6.79. The van der Waals surface area contributed by atoms with Gasteiger partial charge >= 0.3 is 0 Å². The molecule has 128 valence electrons. The van der Waals surface area contributed by atoms with Crippen LogP contribution >= 0.6 is 0 Å². The number of hydrogen-bond donors (Lipinski definition) is 3. The van der Waals surface area contributed by atoms with E-state index in [-0.39, 0.29) is 5.91 Å². The molecule has 0 aromatic carbocycles. The van der Waals surface area contributed by atoms with E-state index in [1.165, 1.54) is 0 Å². The number of aromatic nitrogens is 3. The highest BCUT2D eigenvalue weighted by atomic mass is 16.3. The number of rotatable bonds is 5. The lowest BCUT2D eigenvalue weighted by atomic mass is 9.73. The van der Waals surface area contributed by atoms with E-state index in [0.717, 1.165) is 5.56 Å². The lowest BCUT2D eigenvalue weighted by Gasteiger charge is -2.37. The minimum Gasteiger partial charge on any atom is -0.387 e. The molecule has 1 aliphatic rings. The molecule has 2 aromatic rings. The summed E-state index contributed by atoms with van der Waals surface area (Å²) in [5.74, 6) is 0.250. The summed E-state index contributed by atoms with van der Waals surface area (Å²) in [6.45, 7) is 5.28. The molecule has 7 nitrogen and oxygen atoms in total. The Morgan fingerprint density at radius 2 is 2.17 bits per heavy atom. The zero-order valence-corrected chi connectivity index (χ0v) is 14.0. The van der Waals surface area contributed by atoms with Crippen molar-refractivity contribution in [1.82, 2.24) is 20.1 Å². The van der Waals surface area contributed by atoms with E-state index in [2.05, 4.69) is 20.7 Å². The van der Waals surface area contributed by atoms with E-state index < -0.39 is 11.0 Å². The third-order valence-corrected chi connectivity index (χ3v) is 4.84. The van der Waals surface area contributed by atoms with Crippen LogP contribution in [0.2, 0.25) is 0 Å². The summed E-state index contributed by atoms with van der Waals surface area (Å²) in [7, 11) is 0. The predicted octanol–water partition coefficient (Wildman–Crippen LogP) is 1.02. The monoisotopic (exact) mass is 329 g/mol. The first-order valence-electron chi connectivity index (χ1n) is 8.08. The standard InChI is InChI=1S/C17H23N5O2/c1-16(2,17(24)6-9-19-12-17)15(23)20-14-5-10-22(21-14)11-13-3-7-18-8-4-13/h3-5,7-8,10,19,24H,6,9,11-12H2,1-2H3,(H,20,21,23). The van der Waals surface area contributed by atoms with Crippen LogP contribution in [0, 0.1) is 5.41 Å². The molecule has 1 atom stereocenters. The number of carbonyl (C=O) groups is 1. The van der Waals surface area contributed by atoms with Gasteiger partial charge in [-0.25, -0.2) is 0 Å². The van der Waals surface area contributed by atoms with Crippen LogP contribution < -0.4 is 10.6 Å². The molecule has 1 amide bonds. The fraction of sp³-hybridized carbons (Fsp3) is 0.471. The average Bonchev–Trinajstić information content (AvgIpc) is 3.18. The Labute approximate surface area is 141 Å². The second-order valence-corrected chi connectivity index (χ2v) is 6.79. The number of nitrogens with one attached hydrogen (secondary N) is 2. The summed E-state index contributed by atoms with van der Waals surface area (Å²) < 4.78 is 1.75. The van der Waals surface area contributed by atoms with Crippen LogP contribution in [0.4, 0.5) is 5.82 Å². The molecule has 0 radical (unpaired) electrons. The molecule has 24 heavy (non-hydrogen) atoms. The van der Waals surface area contributed by atoms with Crippen molar-refractivity contribution in [1.29, 1.82) is 0 Å². The molecule has 7 heteroatoms. The van der Waals surface area contributed by atoms with E-state index >= 15 is 0 Å². The van der Waals surface area contributed by atoms with Crippen LogP contribution in [0.5, 0.6) is 0 Å². The fourth-order valence-corrected chi connectivity index (χ4v) is 2.89. The van der Waals surface area contributed by atoms with E-state index in [1.54, 1.807) is 37.0 Å². The topological polar surface area (TPSA) is 92.1 Å². The first-order chi connectivity index (χ1) is 11.4. The van der Waals surface area contributed by atoms with Crippen molar-refractivity contribution in [2.45, 2.75) is 32.4 Å². The van der Waals surface area contributed by atoms with Crippen LogP contribution in [0.15, 0.2) is 36.8 Å². The SMILES string of the molecule is CC(C)(C(=O)Nc1ccn(Cc2ccncc2)n1)C1(O)CCNC1. The molecule has 1 aliphatic heterocycles. The Morgan fingerprint density at radius 1 is 1.42 bits per heavy atom. The summed E-state index contributed by atoms with van der Waals surface area (Å²) in [5, 5.41) is 21.0. The first-order valence-corrected chi connectivity index (χ1v) is 8.08. The highest BCUT2D eigenvalue weighted by Gasteiger charge is 2.50. The summed E-state index contributed by atoms with van der Waals surface area (Å²) in [5.41, 5.74) is -0.875. The van der Waals surface area contributed by atoms with Crippen molar-refractivity contribution in [2.24, 2.45) is 5.41 Å². The first kappa shape index (κ1) is 16.6. The zero-order valence-electron chi connectivity index (χ0n) is 14.0. The van der Waals surface area contributed by atoms with Crippen LogP contribution in [-0.4, -0.2) is 44.5 Å². The number of carbonyl (C=O) groups excluding carboxylic acids is 1. The Bertz CT molecular complexity index is 705. The fourth-order valence-electron chi connectivity index (χ4n) is 2.89. The van der Waals surface area contributed by atoms with Crippen molar-refractivity contribution in [3.05, 3.63) is 42.4 Å². The Hall–Kier alpha value is -2.25. The predicted molar refractivity (Wildman–Crippen MR) is 90.4 cm³/mol. The highest BCUT2D eigenvalue weighted by molar-refractivity contribution is 5.95. The van der Waals surface area contributed by atoms with Gasteiger partial charge < -0.3 is 15.7 Å². The zero-order chi connectivity index (χ0) is 17.2. The maximum atomic E-state index is 12.6. The van der Waals surface area contributed by atoms with E-state index in [0.29, 0.717) is 31.9 Å². The number of hydrogen-bond acceptors (Lipinski definition) is 5. The second kappa shape index (κ2) is 6.33. The summed E-state index contributed by atoms with van der Waals surface area (Å²) in [6, 6.07) is 5.60. The molecule has 3 rings (SSSR count). The number of anilines is 1. The number of aliphatic hydroxyl groups is 1. The molecule has 0 bridgehead atoms. The normalized spacial score (nSPS) is 21.0. The smallest absolute Gasteiger partial charge is 0.234 e. The molecule has 3 heterocycles. The summed E-state index contributed by atoms with van der Waals surface area (Å²) in [4.78, 5) is 16.6. The van der Waals surface area contributed by atoms with Gasteiger partial charge in [0, 0.05) is 31.2 Å². The average molecular weight is 329 g/mol.